The largest absolute Gasteiger partial charge is 0.444 e. The Bertz CT molecular complexity index is 298. The van der Waals surface area contributed by atoms with Crippen LogP contribution in [0.4, 0.5) is 4.79 Å². The van der Waals surface area contributed by atoms with Crippen LogP contribution >= 0.6 is 0 Å². The van der Waals surface area contributed by atoms with Crippen LogP contribution in [0.15, 0.2) is 0 Å². The summed E-state index contributed by atoms with van der Waals surface area (Å²) in [7, 11) is 0. The van der Waals surface area contributed by atoms with E-state index in [0.29, 0.717) is 0 Å². The predicted molar refractivity (Wildman–Crippen MR) is 53.0 cm³/mol. The quantitative estimate of drug-likeness (QED) is 0.702. The number of carbonyl (C=O) groups is 1. The van der Waals surface area contributed by atoms with Crippen molar-refractivity contribution in [2.75, 3.05) is 13.1 Å². The summed E-state index contributed by atoms with van der Waals surface area (Å²) in [4.78, 5) is 12.9. The molecule has 4 heteroatoms. The Labute approximate surface area is 89.1 Å². The molecule has 1 heterocycles. The maximum absolute atomic E-state index is 11.8. The average molecular weight is 204 g/mol. The van der Waals surface area contributed by atoms with Crippen LogP contribution in [-0.2, 0) is 4.74 Å². The lowest BCUT2D eigenvalue weighted by molar-refractivity contribution is 0.0176. The molecular formula is C10H19NO3. The van der Waals surface area contributed by atoms with Gasteiger partial charge in [-0.25, -0.2) is 4.79 Å². The van der Waals surface area contributed by atoms with Crippen molar-refractivity contribution in [3.63, 3.8) is 0 Å². The van der Waals surface area contributed by atoms with Crippen LogP contribution in [-0.4, -0.2) is 40.8 Å². The van der Waals surface area contributed by atoms with Gasteiger partial charge in [0.05, 0.1) is 15.3 Å². The van der Waals surface area contributed by atoms with Crippen LogP contribution in [0.1, 0.15) is 37.7 Å². The van der Waals surface area contributed by atoms with Crippen LogP contribution < -0.4 is 0 Å². The first-order valence-electron chi connectivity index (χ1n) is 6.22. The Kier molecular flexibility index (Phi) is 2.24. The number of ether oxygens (including phenoxy) is 1. The normalized spacial score (nSPS) is 32.0. The molecule has 0 aromatic rings. The summed E-state index contributed by atoms with van der Waals surface area (Å²) in [6.07, 6.45) is -1.16. The van der Waals surface area contributed by atoms with Crippen LogP contribution in [0.2, 0.25) is 0 Å². The minimum Gasteiger partial charge on any atom is -0.444 e. The molecule has 0 saturated carbocycles. The van der Waals surface area contributed by atoms with E-state index in [4.69, 9.17) is 8.85 Å². The van der Waals surface area contributed by atoms with Gasteiger partial charge in [0.25, 0.3) is 0 Å². The zero-order chi connectivity index (χ0) is 13.4. The number of carbonyl (C=O) groups excluding carboxylic acids is 1. The third-order valence-corrected chi connectivity index (χ3v) is 1.87. The van der Waals surface area contributed by atoms with Gasteiger partial charge in [-0.3, -0.25) is 0 Å². The van der Waals surface area contributed by atoms with Gasteiger partial charge in [-0.2, -0.15) is 0 Å². The van der Waals surface area contributed by atoms with Crippen molar-refractivity contribution in [2.24, 2.45) is 0 Å². The van der Waals surface area contributed by atoms with Crippen LogP contribution in [0.3, 0.4) is 0 Å². The van der Waals surface area contributed by atoms with Crippen molar-refractivity contribution in [2.45, 2.75) is 45.2 Å². The highest BCUT2D eigenvalue weighted by Gasteiger charge is 2.31. The van der Waals surface area contributed by atoms with E-state index in [0.717, 1.165) is 4.90 Å². The minimum absolute atomic E-state index is 0.0830. The minimum atomic E-state index is -2.51. The molecule has 1 aliphatic heterocycles. The molecule has 0 aromatic carbocycles. The van der Waals surface area contributed by atoms with Gasteiger partial charge in [0, 0.05) is 7.92 Å². The molecule has 0 radical (unpaired) electrons. The van der Waals surface area contributed by atoms with Gasteiger partial charge in [-0.15, -0.1) is 0 Å². The van der Waals surface area contributed by atoms with E-state index in [1.165, 1.54) is 0 Å². The molecular weight excluding hydrogens is 182 g/mol. The van der Waals surface area contributed by atoms with E-state index in [1.54, 1.807) is 20.8 Å². The molecule has 14 heavy (non-hydrogen) atoms. The zero-order valence-electron chi connectivity index (χ0n) is 11.8. The zero-order valence-corrected chi connectivity index (χ0v) is 8.78. The molecule has 1 rings (SSSR count). The summed E-state index contributed by atoms with van der Waals surface area (Å²) < 4.78 is 27.2. The third kappa shape index (κ3) is 2.87. The van der Waals surface area contributed by atoms with Crippen molar-refractivity contribution in [1.82, 2.24) is 4.90 Å². The molecule has 1 saturated heterocycles. The van der Waals surface area contributed by atoms with Gasteiger partial charge in [0.15, 0.2) is 0 Å². The average Bonchev–Trinajstić information content (AvgIpc) is 2.43. The SMILES string of the molecule is [2H][C@@H]1C[C@@H](C([2H])([2H])O)N(C(=O)OC(C)(C)C)C1. The lowest BCUT2D eigenvalue weighted by Crippen LogP contribution is -2.41. The number of rotatable bonds is 1. The molecule has 4 nitrogen and oxygen atoms in total. The molecule has 0 unspecified atom stereocenters. The Morgan fingerprint density at radius 1 is 1.79 bits per heavy atom. The number of aliphatic hydroxyl groups is 1. The van der Waals surface area contributed by atoms with E-state index in [-0.39, 0.29) is 13.0 Å². The second-order valence-electron chi connectivity index (χ2n) is 4.30. The first-order valence-corrected chi connectivity index (χ1v) is 4.65. The summed E-state index contributed by atoms with van der Waals surface area (Å²) in [5.74, 6) is 0. The fraction of sp³-hybridized carbons (Fsp3) is 0.900. The van der Waals surface area contributed by atoms with Crippen LogP contribution in [0.25, 0.3) is 0 Å². The highest BCUT2D eigenvalue weighted by Crippen LogP contribution is 2.20. The van der Waals surface area contributed by atoms with Crippen molar-refractivity contribution in [1.29, 1.82) is 0 Å². The lowest BCUT2D eigenvalue weighted by atomic mass is 10.2. The van der Waals surface area contributed by atoms with Crippen molar-refractivity contribution >= 4 is 6.09 Å². The third-order valence-electron chi connectivity index (χ3n) is 1.87. The molecule has 82 valence electrons. The van der Waals surface area contributed by atoms with Gasteiger partial charge in [-0.05, 0) is 33.6 Å². The smallest absolute Gasteiger partial charge is 0.410 e. The molecule has 0 aliphatic carbocycles. The fourth-order valence-electron chi connectivity index (χ4n) is 1.27. The predicted octanol–water partition coefficient (Wildman–Crippen LogP) is 1.38. The molecule has 0 spiro atoms. The second-order valence-corrected chi connectivity index (χ2v) is 4.30. The van der Waals surface area contributed by atoms with E-state index in [1.807, 2.05) is 0 Å². The van der Waals surface area contributed by atoms with E-state index in [9.17, 15) is 9.90 Å². The summed E-state index contributed by atoms with van der Waals surface area (Å²) in [6, 6.07) is -1.01. The first kappa shape index (κ1) is 7.51. The molecule has 2 atom stereocenters. The fourth-order valence-corrected chi connectivity index (χ4v) is 1.27. The Hall–Kier alpha value is -0.770. The summed E-state index contributed by atoms with van der Waals surface area (Å²) in [5.41, 5.74) is -0.677. The van der Waals surface area contributed by atoms with Gasteiger partial charge in [-0.1, -0.05) is 0 Å². The van der Waals surface area contributed by atoms with Crippen LogP contribution in [0.5, 0.6) is 0 Å². The Morgan fingerprint density at radius 2 is 2.43 bits per heavy atom. The van der Waals surface area contributed by atoms with Crippen molar-refractivity contribution in [3.05, 3.63) is 0 Å². The highest BCUT2D eigenvalue weighted by atomic mass is 16.6. The van der Waals surface area contributed by atoms with E-state index in [2.05, 4.69) is 0 Å². The molecule has 1 amide bonds. The Balaban J connectivity index is 2.78. The second kappa shape index (κ2) is 4.17. The highest BCUT2D eigenvalue weighted by molar-refractivity contribution is 5.68. The Morgan fingerprint density at radius 3 is 2.93 bits per heavy atom. The monoisotopic (exact) mass is 204 g/mol. The summed E-state index contributed by atoms with van der Waals surface area (Å²) >= 11 is 0. The maximum atomic E-state index is 11.8. The lowest BCUT2D eigenvalue weighted by Gasteiger charge is -2.27. The summed E-state index contributed by atoms with van der Waals surface area (Å²) in [6.45, 7) is 2.71. The van der Waals surface area contributed by atoms with E-state index >= 15 is 0 Å². The molecule has 1 fully saturated rings. The standard InChI is InChI=1S/C10H19NO3/c1-10(2,3)14-9(13)11-6-4-5-8(11)7-12/h8,12H,4-7H2,1-3H3/t8-/m0/s1/i4D,7D2/t4-,8+/m1. The van der Waals surface area contributed by atoms with E-state index < -0.39 is 30.7 Å². The van der Waals surface area contributed by atoms with Crippen LogP contribution in [0, 0.1) is 0 Å². The number of nitrogens with zero attached hydrogens (tertiary/aromatic N) is 1. The molecule has 0 aromatic heterocycles. The van der Waals surface area contributed by atoms with Gasteiger partial charge < -0.3 is 14.7 Å². The van der Waals surface area contributed by atoms with Gasteiger partial charge in [0.2, 0.25) is 0 Å². The van der Waals surface area contributed by atoms with Crippen molar-refractivity contribution < 1.29 is 18.8 Å². The molecule has 1 aliphatic rings. The molecule has 1 N–H and O–H groups in total. The van der Waals surface area contributed by atoms with Gasteiger partial charge >= 0.3 is 6.09 Å². The summed E-state index contributed by atoms with van der Waals surface area (Å²) in [5, 5.41) is 9.35. The number of likely N-dealkylation sites (tertiary alicyclic amines) is 1. The number of hydrogen-bond donors (Lipinski definition) is 1. The topological polar surface area (TPSA) is 49.8 Å². The van der Waals surface area contributed by atoms with Crippen molar-refractivity contribution in [3.8, 4) is 0 Å². The maximum Gasteiger partial charge on any atom is 0.410 e. The first-order chi connectivity index (χ1) is 7.50. The molecule has 0 bridgehead atoms. The number of hydrogen-bond acceptors (Lipinski definition) is 3. The van der Waals surface area contributed by atoms with Gasteiger partial charge in [0.1, 0.15) is 5.60 Å². The number of amides is 1.